The number of pyridine rings is 1. The molecule has 2 N–H and O–H groups in total. The summed E-state index contributed by atoms with van der Waals surface area (Å²) in [7, 11) is 0.423. The minimum Gasteiger partial charge on any atom is -0.488 e. The zero-order valence-corrected chi connectivity index (χ0v) is 7.84. The summed E-state index contributed by atoms with van der Waals surface area (Å²) in [6.07, 6.45) is 1.44. The van der Waals surface area contributed by atoms with Crippen molar-refractivity contribution in [3.63, 3.8) is 0 Å². The van der Waals surface area contributed by atoms with Crippen LogP contribution < -0.4 is 15.1 Å². The van der Waals surface area contributed by atoms with Gasteiger partial charge in [-0.1, -0.05) is 0 Å². The molecule has 0 unspecified atom stereocenters. The Morgan fingerprint density at radius 3 is 3.07 bits per heavy atom. The number of aromatic nitrogens is 1. The summed E-state index contributed by atoms with van der Waals surface area (Å²) in [5.41, 5.74) is 0.346. The summed E-state index contributed by atoms with van der Waals surface area (Å²) in [6.45, 7) is 1.39. The van der Waals surface area contributed by atoms with Gasteiger partial charge in [0.05, 0.1) is 6.54 Å². The quantitative estimate of drug-likeness (QED) is 0.537. The highest BCUT2D eigenvalue weighted by molar-refractivity contribution is 6.58. The third-order valence-corrected chi connectivity index (χ3v) is 2.20. The van der Waals surface area contributed by atoms with Gasteiger partial charge in [0.2, 0.25) is 0 Å². The zero-order valence-electron chi connectivity index (χ0n) is 7.84. The predicted octanol–water partition coefficient (Wildman–Crippen LogP) is -1.41. The van der Waals surface area contributed by atoms with Crippen LogP contribution in [0, 0.1) is 0 Å². The average molecular weight is 194 g/mol. The molecule has 0 atom stereocenters. The summed E-state index contributed by atoms with van der Waals surface area (Å²) in [5.74, 6) is 1.34. The summed E-state index contributed by atoms with van der Waals surface area (Å²) in [4.78, 5) is 6.07. The second-order valence-corrected chi connectivity index (χ2v) is 3.23. The second-order valence-electron chi connectivity index (χ2n) is 3.23. The minimum absolute atomic E-state index is 0.346. The molecule has 1 aromatic rings. The summed E-state index contributed by atoms with van der Waals surface area (Å²) in [6, 6.07) is 1.60. The smallest absolute Gasteiger partial charge is 0.488 e. The molecule has 0 spiro atoms. The molecule has 0 saturated heterocycles. The van der Waals surface area contributed by atoms with Crippen molar-refractivity contribution in [3.8, 4) is 5.75 Å². The maximum atomic E-state index is 8.94. The van der Waals surface area contributed by atoms with E-state index in [2.05, 4.69) is 4.98 Å². The van der Waals surface area contributed by atoms with Gasteiger partial charge in [-0.15, -0.1) is 0 Å². The van der Waals surface area contributed by atoms with Gasteiger partial charge in [-0.25, -0.2) is 4.98 Å². The molecule has 0 aromatic carbocycles. The lowest BCUT2D eigenvalue weighted by atomic mass is 9.81. The number of hydrogen-bond acceptors (Lipinski definition) is 5. The first-order valence-electron chi connectivity index (χ1n) is 4.38. The zero-order chi connectivity index (χ0) is 10.1. The Bertz CT molecular complexity index is 345. The fraction of sp³-hybridized carbons (Fsp3) is 0.375. The highest BCUT2D eigenvalue weighted by Crippen LogP contribution is 2.26. The molecule has 14 heavy (non-hydrogen) atoms. The first-order chi connectivity index (χ1) is 6.68. The van der Waals surface area contributed by atoms with Crippen molar-refractivity contribution in [2.75, 3.05) is 25.1 Å². The van der Waals surface area contributed by atoms with Gasteiger partial charge < -0.3 is 19.7 Å². The maximum absolute atomic E-state index is 8.94. The minimum atomic E-state index is -1.50. The van der Waals surface area contributed by atoms with Crippen LogP contribution in [0.3, 0.4) is 0 Å². The molecule has 0 amide bonds. The SMILES string of the molecule is CN1CCOc2cc(B(O)O)cnc21. The van der Waals surface area contributed by atoms with Crippen molar-refractivity contribution >= 4 is 18.4 Å². The van der Waals surface area contributed by atoms with Crippen LogP contribution in [0.4, 0.5) is 5.82 Å². The Hall–Kier alpha value is -1.27. The van der Waals surface area contributed by atoms with Gasteiger partial charge in [-0.3, -0.25) is 0 Å². The van der Waals surface area contributed by atoms with Gasteiger partial charge in [-0.05, 0) is 6.07 Å². The second kappa shape index (κ2) is 3.47. The van der Waals surface area contributed by atoms with E-state index in [1.807, 2.05) is 11.9 Å². The number of rotatable bonds is 1. The van der Waals surface area contributed by atoms with E-state index in [9.17, 15) is 0 Å². The molecule has 1 aromatic heterocycles. The normalized spacial score (nSPS) is 14.6. The lowest BCUT2D eigenvalue weighted by molar-refractivity contribution is 0.309. The monoisotopic (exact) mass is 194 g/mol. The Balaban J connectivity index is 2.39. The molecular weight excluding hydrogens is 183 g/mol. The lowest BCUT2D eigenvalue weighted by Gasteiger charge is -2.26. The third-order valence-electron chi connectivity index (χ3n) is 2.20. The molecule has 0 bridgehead atoms. The van der Waals surface area contributed by atoms with Gasteiger partial charge in [0.25, 0.3) is 0 Å². The van der Waals surface area contributed by atoms with Crippen LogP contribution in [0.25, 0.3) is 0 Å². The topological polar surface area (TPSA) is 65.8 Å². The van der Waals surface area contributed by atoms with E-state index in [1.165, 1.54) is 6.20 Å². The van der Waals surface area contributed by atoms with E-state index in [0.717, 1.165) is 12.4 Å². The number of nitrogens with zero attached hydrogens (tertiary/aromatic N) is 2. The summed E-state index contributed by atoms with van der Waals surface area (Å²) in [5, 5.41) is 17.9. The Labute approximate surface area is 82.1 Å². The number of ether oxygens (including phenoxy) is 1. The number of likely N-dealkylation sites (N-methyl/N-ethyl adjacent to an activating group) is 1. The Morgan fingerprint density at radius 2 is 2.36 bits per heavy atom. The van der Waals surface area contributed by atoms with E-state index in [1.54, 1.807) is 6.07 Å². The molecule has 74 valence electrons. The Kier molecular flexibility index (Phi) is 2.31. The average Bonchev–Trinajstić information content (AvgIpc) is 2.17. The van der Waals surface area contributed by atoms with Crippen LogP contribution in [-0.4, -0.2) is 42.3 Å². The van der Waals surface area contributed by atoms with Gasteiger partial charge in [0.1, 0.15) is 6.61 Å². The highest BCUT2D eigenvalue weighted by Gasteiger charge is 2.20. The van der Waals surface area contributed by atoms with Crippen molar-refractivity contribution in [2.45, 2.75) is 0 Å². The number of hydrogen-bond donors (Lipinski definition) is 2. The van der Waals surface area contributed by atoms with Crippen LogP contribution in [-0.2, 0) is 0 Å². The van der Waals surface area contributed by atoms with E-state index in [-0.39, 0.29) is 0 Å². The van der Waals surface area contributed by atoms with Crippen LogP contribution in [0.1, 0.15) is 0 Å². The van der Waals surface area contributed by atoms with E-state index < -0.39 is 7.12 Å². The lowest BCUT2D eigenvalue weighted by Crippen LogP contribution is -2.34. The third kappa shape index (κ3) is 1.54. The van der Waals surface area contributed by atoms with Crippen molar-refractivity contribution in [2.24, 2.45) is 0 Å². The van der Waals surface area contributed by atoms with E-state index in [4.69, 9.17) is 14.8 Å². The molecule has 5 nitrogen and oxygen atoms in total. The van der Waals surface area contributed by atoms with E-state index in [0.29, 0.717) is 17.8 Å². The molecule has 0 radical (unpaired) electrons. The number of fused-ring (bicyclic) bond motifs is 1. The summed E-state index contributed by atoms with van der Waals surface area (Å²) < 4.78 is 5.36. The van der Waals surface area contributed by atoms with Gasteiger partial charge in [0.15, 0.2) is 11.6 Å². The van der Waals surface area contributed by atoms with Crippen molar-refractivity contribution in [1.82, 2.24) is 4.98 Å². The van der Waals surface area contributed by atoms with Crippen molar-refractivity contribution < 1.29 is 14.8 Å². The molecule has 6 heteroatoms. The van der Waals surface area contributed by atoms with Crippen LogP contribution >= 0.6 is 0 Å². The Morgan fingerprint density at radius 1 is 1.57 bits per heavy atom. The van der Waals surface area contributed by atoms with Gasteiger partial charge >= 0.3 is 7.12 Å². The van der Waals surface area contributed by atoms with Crippen LogP contribution in [0.2, 0.25) is 0 Å². The molecule has 2 heterocycles. The molecule has 0 saturated carbocycles. The first kappa shape index (κ1) is 9.30. The predicted molar refractivity (Wildman–Crippen MR) is 52.8 cm³/mol. The molecular formula is C8H11BN2O3. The first-order valence-corrected chi connectivity index (χ1v) is 4.38. The molecule has 1 aliphatic heterocycles. The molecule has 0 fully saturated rings. The number of anilines is 1. The van der Waals surface area contributed by atoms with Crippen molar-refractivity contribution in [3.05, 3.63) is 12.3 Å². The van der Waals surface area contributed by atoms with Crippen molar-refractivity contribution in [1.29, 1.82) is 0 Å². The van der Waals surface area contributed by atoms with Crippen LogP contribution in [0.5, 0.6) is 5.75 Å². The fourth-order valence-electron chi connectivity index (χ4n) is 1.39. The standard InChI is InChI=1S/C8H11BN2O3/c1-11-2-3-14-7-4-6(9(12)13)5-10-8(7)11/h4-5,12-13H,2-3H2,1H3. The highest BCUT2D eigenvalue weighted by atomic mass is 16.5. The van der Waals surface area contributed by atoms with E-state index >= 15 is 0 Å². The summed E-state index contributed by atoms with van der Waals surface area (Å²) >= 11 is 0. The molecule has 0 aliphatic carbocycles. The fourth-order valence-corrected chi connectivity index (χ4v) is 1.39. The molecule has 1 aliphatic rings. The van der Waals surface area contributed by atoms with Gasteiger partial charge in [-0.2, -0.15) is 0 Å². The largest absolute Gasteiger partial charge is 0.490 e. The molecule has 2 rings (SSSR count). The van der Waals surface area contributed by atoms with Gasteiger partial charge in [0, 0.05) is 18.7 Å². The maximum Gasteiger partial charge on any atom is 0.490 e. The van der Waals surface area contributed by atoms with Crippen LogP contribution in [0.15, 0.2) is 12.3 Å².